The Labute approximate surface area is 193 Å². The first-order chi connectivity index (χ1) is 16.3. The third-order valence-corrected chi connectivity index (χ3v) is 5.61. The van der Waals surface area contributed by atoms with Crippen LogP contribution in [0.15, 0.2) is 72.8 Å². The van der Waals surface area contributed by atoms with E-state index in [0.717, 1.165) is 22.0 Å². The van der Waals surface area contributed by atoms with Crippen LogP contribution in [0.25, 0.3) is 38.9 Å². The van der Waals surface area contributed by atoms with Crippen LogP contribution in [-0.4, -0.2) is 38.7 Å². The number of nitro benzene ring substituents is 2. The van der Waals surface area contributed by atoms with Crippen molar-refractivity contribution in [1.29, 1.82) is 0 Å². The van der Waals surface area contributed by atoms with Gasteiger partial charge in [-0.2, -0.15) is 5.10 Å². The minimum Gasteiger partial charge on any atom is -0.378 e. The molecular weight excluding hydrogens is 436 g/mol. The lowest BCUT2D eigenvalue weighted by Gasteiger charge is -2.13. The van der Waals surface area contributed by atoms with Crippen LogP contribution in [0.2, 0.25) is 0 Å². The van der Waals surface area contributed by atoms with E-state index in [2.05, 4.69) is 0 Å². The Morgan fingerprint density at radius 1 is 0.824 bits per heavy atom. The summed E-state index contributed by atoms with van der Waals surface area (Å²) in [6, 6.07) is 20.2. The van der Waals surface area contributed by atoms with Crippen molar-refractivity contribution in [2.75, 3.05) is 19.0 Å². The van der Waals surface area contributed by atoms with Crippen LogP contribution >= 0.6 is 0 Å². The van der Waals surface area contributed by atoms with E-state index in [9.17, 15) is 20.2 Å². The van der Waals surface area contributed by atoms with E-state index >= 15 is 0 Å². The summed E-state index contributed by atoms with van der Waals surface area (Å²) in [6.07, 6.45) is 0. The molecule has 0 spiro atoms. The van der Waals surface area contributed by atoms with Gasteiger partial charge in [0.15, 0.2) is 5.65 Å². The number of hydrogen-bond donors (Lipinski definition) is 0. The Kier molecular flexibility index (Phi) is 4.90. The molecule has 10 nitrogen and oxygen atoms in total. The standard InChI is InChI=1S/C24H18N6O4/c1-27(2)20-11-12-22-16(13-20)14-21-23(15-3-5-18(6-4-15)29(31)32)26-28(24(21)25-22)17-7-9-19(10-8-17)30(33)34/h3-14H,1-2H3. The van der Waals surface area contributed by atoms with E-state index in [1.165, 1.54) is 24.3 Å². The van der Waals surface area contributed by atoms with Crippen LogP contribution in [0.4, 0.5) is 17.1 Å². The van der Waals surface area contributed by atoms with Crippen molar-refractivity contribution in [2.45, 2.75) is 0 Å². The van der Waals surface area contributed by atoms with Crippen LogP contribution in [0, 0.1) is 20.2 Å². The number of anilines is 1. The van der Waals surface area contributed by atoms with E-state index in [0.29, 0.717) is 22.6 Å². The molecule has 0 N–H and O–H groups in total. The molecule has 0 aliphatic rings. The molecule has 0 bridgehead atoms. The summed E-state index contributed by atoms with van der Waals surface area (Å²) in [5.74, 6) is 0. The van der Waals surface area contributed by atoms with E-state index in [-0.39, 0.29) is 11.4 Å². The first-order valence-electron chi connectivity index (χ1n) is 10.3. The summed E-state index contributed by atoms with van der Waals surface area (Å²) in [5, 5.41) is 28.6. The third-order valence-electron chi connectivity index (χ3n) is 5.61. The molecule has 0 saturated carbocycles. The fourth-order valence-electron chi connectivity index (χ4n) is 3.82. The van der Waals surface area contributed by atoms with Crippen molar-refractivity contribution in [3.63, 3.8) is 0 Å². The van der Waals surface area contributed by atoms with Crippen LogP contribution in [0.1, 0.15) is 0 Å². The highest BCUT2D eigenvalue weighted by molar-refractivity contribution is 6.00. The second kappa shape index (κ2) is 7.93. The molecule has 0 radical (unpaired) electrons. The molecule has 5 rings (SSSR count). The molecule has 5 aromatic rings. The van der Waals surface area contributed by atoms with Gasteiger partial charge in [-0.3, -0.25) is 20.2 Å². The number of pyridine rings is 1. The minimum atomic E-state index is -0.457. The monoisotopic (exact) mass is 454 g/mol. The minimum absolute atomic E-state index is 0.0120. The second-order valence-corrected chi connectivity index (χ2v) is 7.97. The molecule has 168 valence electrons. The smallest absolute Gasteiger partial charge is 0.269 e. The summed E-state index contributed by atoms with van der Waals surface area (Å²) in [5.41, 5.74) is 4.25. The molecule has 0 saturated heterocycles. The highest BCUT2D eigenvalue weighted by Crippen LogP contribution is 2.33. The van der Waals surface area contributed by atoms with Crippen molar-refractivity contribution >= 4 is 39.0 Å². The first kappa shape index (κ1) is 21.0. The third kappa shape index (κ3) is 3.56. The summed E-state index contributed by atoms with van der Waals surface area (Å²) in [6.45, 7) is 0. The molecule has 2 heterocycles. The lowest BCUT2D eigenvalue weighted by atomic mass is 10.1. The Morgan fingerprint density at radius 2 is 1.44 bits per heavy atom. The van der Waals surface area contributed by atoms with Gasteiger partial charge in [0, 0.05) is 60.4 Å². The van der Waals surface area contributed by atoms with Gasteiger partial charge >= 0.3 is 0 Å². The number of fused-ring (bicyclic) bond motifs is 2. The van der Waals surface area contributed by atoms with Gasteiger partial charge in [-0.1, -0.05) is 0 Å². The highest BCUT2D eigenvalue weighted by Gasteiger charge is 2.18. The molecule has 2 aromatic heterocycles. The van der Waals surface area contributed by atoms with Gasteiger partial charge in [0.2, 0.25) is 0 Å². The van der Waals surface area contributed by atoms with E-state index in [1.807, 2.05) is 43.3 Å². The lowest BCUT2D eigenvalue weighted by Crippen LogP contribution is -2.08. The number of hydrogen-bond acceptors (Lipinski definition) is 7. The van der Waals surface area contributed by atoms with Gasteiger partial charge in [0.05, 0.1) is 21.1 Å². The second-order valence-electron chi connectivity index (χ2n) is 7.97. The van der Waals surface area contributed by atoms with Crippen molar-refractivity contribution in [3.05, 3.63) is 93.0 Å². The predicted molar refractivity (Wildman–Crippen MR) is 129 cm³/mol. The van der Waals surface area contributed by atoms with Crippen molar-refractivity contribution in [1.82, 2.24) is 14.8 Å². The zero-order valence-electron chi connectivity index (χ0n) is 18.2. The van der Waals surface area contributed by atoms with Crippen LogP contribution < -0.4 is 4.90 Å². The molecular formula is C24H18N6O4. The highest BCUT2D eigenvalue weighted by atomic mass is 16.6. The predicted octanol–water partition coefficient (Wildman–Crippen LogP) is 5.12. The van der Waals surface area contributed by atoms with Crippen LogP contribution in [0.3, 0.4) is 0 Å². The Morgan fingerprint density at radius 3 is 2.03 bits per heavy atom. The molecule has 0 unspecified atom stereocenters. The maximum absolute atomic E-state index is 11.1. The zero-order valence-corrected chi connectivity index (χ0v) is 18.2. The number of aromatic nitrogens is 3. The molecule has 0 fully saturated rings. The zero-order chi connectivity index (χ0) is 24.0. The van der Waals surface area contributed by atoms with Gasteiger partial charge < -0.3 is 4.90 Å². The van der Waals surface area contributed by atoms with Crippen molar-refractivity contribution in [2.24, 2.45) is 0 Å². The van der Waals surface area contributed by atoms with Gasteiger partial charge in [0.25, 0.3) is 11.4 Å². The number of rotatable bonds is 5. The quantitative estimate of drug-likeness (QED) is 0.267. The average Bonchev–Trinajstić information content (AvgIpc) is 3.20. The number of non-ortho nitro benzene ring substituents is 2. The molecule has 0 atom stereocenters. The SMILES string of the molecule is CN(C)c1ccc2nc3c(cc2c1)c(-c1ccc([N+](=O)[O-])cc1)nn3-c1ccc([N+](=O)[O-])cc1. The number of benzene rings is 3. The van der Waals surface area contributed by atoms with Gasteiger partial charge in [-0.25, -0.2) is 9.67 Å². The number of nitro groups is 2. The first-order valence-corrected chi connectivity index (χ1v) is 10.3. The van der Waals surface area contributed by atoms with Gasteiger partial charge in [-0.05, 0) is 48.5 Å². The maximum atomic E-state index is 11.1. The van der Waals surface area contributed by atoms with Crippen molar-refractivity contribution < 1.29 is 9.85 Å². The Hall–Kier alpha value is -4.86. The van der Waals surface area contributed by atoms with Gasteiger partial charge in [-0.15, -0.1) is 0 Å². The summed E-state index contributed by atoms with van der Waals surface area (Å²) in [7, 11) is 3.92. The van der Waals surface area contributed by atoms with Crippen LogP contribution in [-0.2, 0) is 0 Å². The lowest BCUT2D eigenvalue weighted by molar-refractivity contribution is -0.385. The summed E-state index contributed by atoms with van der Waals surface area (Å²) in [4.78, 5) is 28.1. The largest absolute Gasteiger partial charge is 0.378 e. The fraction of sp³-hybridized carbons (Fsp3) is 0.0833. The van der Waals surface area contributed by atoms with E-state index < -0.39 is 9.85 Å². The summed E-state index contributed by atoms with van der Waals surface area (Å²) >= 11 is 0. The van der Waals surface area contributed by atoms with Gasteiger partial charge in [0.1, 0.15) is 5.69 Å². The molecule has 0 aliphatic carbocycles. The average molecular weight is 454 g/mol. The molecule has 3 aromatic carbocycles. The van der Waals surface area contributed by atoms with Crippen molar-refractivity contribution in [3.8, 4) is 16.9 Å². The van der Waals surface area contributed by atoms with Crippen LogP contribution in [0.5, 0.6) is 0 Å². The fourth-order valence-corrected chi connectivity index (χ4v) is 3.82. The molecule has 0 amide bonds. The number of nitrogens with zero attached hydrogens (tertiary/aromatic N) is 6. The Balaban J connectivity index is 1.76. The Bertz CT molecular complexity index is 1570. The maximum Gasteiger partial charge on any atom is 0.269 e. The normalized spacial score (nSPS) is 11.1. The molecule has 34 heavy (non-hydrogen) atoms. The van der Waals surface area contributed by atoms with E-state index in [1.54, 1.807) is 28.9 Å². The summed E-state index contributed by atoms with van der Waals surface area (Å²) < 4.78 is 1.63. The molecule has 0 aliphatic heterocycles. The topological polar surface area (TPSA) is 120 Å². The van der Waals surface area contributed by atoms with E-state index in [4.69, 9.17) is 10.1 Å². The molecule has 10 heteroatoms.